The van der Waals surface area contributed by atoms with E-state index in [-0.39, 0.29) is 25.3 Å². The van der Waals surface area contributed by atoms with Crippen LogP contribution in [0.4, 0.5) is 4.39 Å². The summed E-state index contributed by atoms with van der Waals surface area (Å²) in [5.41, 5.74) is 0.628. The minimum absolute atomic E-state index is 0.0607. The summed E-state index contributed by atoms with van der Waals surface area (Å²) >= 11 is 3.24. The highest BCUT2D eigenvalue weighted by atomic mass is 79.9. The molecule has 0 aliphatic rings. The molecule has 0 atom stereocenters. The van der Waals surface area contributed by atoms with E-state index in [0.29, 0.717) is 21.5 Å². The minimum Gasteiger partial charge on any atom is -0.497 e. The van der Waals surface area contributed by atoms with Gasteiger partial charge in [-0.2, -0.15) is 0 Å². The lowest BCUT2D eigenvalue weighted by molar-refractivity contribution is 0.0701. The molecule has 1 amide bonds. The quantitative estimate of drug-likeness (QED) is 0.759. The number of nitrogens with zero attached hydrogens (tertiary/aromatic N) is 1. The van der Waals surface area contributed by atoms with Crippen molar-refractivity contribution >= 4 is 21.8 Å². The van der Waals surface area contributed by atoms with Crippen LogP contribution in [0, 0.1) is 5.82 Å². The zero-order chi connectivity index (χ0) is 18.4. The average Bonchev–Trinajstić information content (AvgIpc) is 2.62. The Kier molecular flexibility index (Phi) is 6.78. The molecule has 0 fully saturated rings. The third kappa shape index (κ3) is 4.70. The van der Waals surface area contributed by atoms with E-state index in [1.165, 1.54) is 30.2 Å². The maximum atomic E-state index is 14.0. The molecule has 0 aliphatic carbocycles. The number of hydrogen-bond donors (Lipinski definition) is 1. The van der Waals surface area contributed by atoms with Crippen LogP contribution in [-0.2, 0) is 6.54 Å². The Morgan fingerprint density at radius 2 is 1.96 bits per heavy atom. The van der Waals surface area contributed by atoms with Crippen molar-refractivity contribution in [3.8, 4) is 11.5 Å². The summed E-state index contributed by atoms with van der Waals surface area (Å²) < 4.78 is 25.2. The fraction of sp³-hybridized carbons (Fsp3) is 0.278. The average molecular weight is 412 g/mol. The van der Waals surface area contributed by atoms with Crippen molar-refractivity contribution < 1.29 is 23.8 Å². The molecule has 0 spiro atoms. The maximum Gasteiger partial charge on any atom is 0.257 e. The third-order valence-electron chi connectivity index (χ3n) is 3.66. The number of hydrogen-bond acceptors (Lipinski definition) is 4. The largest absolute Gasteiger partial charge is 0.497 e. The third-order valence-corrected chi connectivity index (χ3v) is 4.16. The number of ether oxygens (including phenoxy) is 2. The highest BCUT2D eigenvalue weighted by Crippen LogP contribution is 2.26. The van der Waals surface area contributed by atoms with Crippen LogP contribution in [0.15, 0.2) is 40.9 Å². The number of carbonyl (C=O) groups excluding carboxylic acids is 1. The normalized spacial score (nSPS) is 10.4. The van der Waals surface area contributed by atoms with Crippen molar-refractivity contribution in [1.82, 2.24) is 4.90 Å². The van der Waals surface area contributed by atoms with Gasteiger partial charge < -0.3 is 19.5 Å². The van der Waals surface area contributed by atoms with Crippen LogP contribution < -0.4 is 9.47 Å². The number of benzene rings is 2. The van der Waals surface area contributed by atoms with Gasteiger partial charge in [-0.15, -0.1) is 0 Å². The molecule has 2 aromatic rings. The van der Waals surface area contributed by atoms with E-state index >= 15 is 0 Å². The van der Waals surface area contributed by atoms with Crippen molar-refractivity contribution in [2.24, 2.45) is 0 Å². The number of rotatable bonds is 7. The first-order valence-electron chi connectivity index (χ1n) is 7.56. The molecule has 0 aromatic heterocycles. The summed E-state index contributed by atoms with van der Waals surface area (Å²) in [5, 5.41) is 9.31. The Morgan fingerprint density at radius 1 is 1.20 bits per heavy atom. The van der Waals surface area contributed by atoms with Gasteiger partial charge in [0, 0.05) is 23.1 Å². The second-order valence-electron chi connectivity index (χ2n) is 5.25. The smallest absolute Gasteiger partial charge is 0.257 e. The number of aliphatic hydroxyl groups excluding tert-OH is 1. The lowest BCUT2D eigenvalue weighted by Gasteiger charge is -2.23. The van der Waals surface area contributed by atoms with E-state index in [9.17, 15) is 14.3 Å². The van der Waals surface area contributed by atoms with E-state index in [4.69, 9.17) is 9.47 Å². The predicted molar refractivity (Wildman–Crippen MR) is 95.5 cm³/mol. The Hall–Kier alpha value is -2.12. The summed E-state index contributed by atoms with van der Waals surface area (Å²) in [7, 11) is 3.07. The minimum atomic E-state index is -0.617. The molecule has 0 heterocycles. The molecule has 0 unspecified atom stereocenters. The van der Waals surface area contributed by atoms with Gasteiger partial charge in [0.15, 0.2) is 0 Å². The van der Waals surface area contributed by atoms with Gasteiger partial charge in [-0.1, -0.05) is 15.9 Å². The van der Waals surface area contributed by atoms with E-state index in [2.05, 4.69) is 15.9 Å². The van der Waals surface area contributed by atoms with Gasteiger partial charge >= 0.3 is 0 Å². The van der Waals surface area contributed by atoms with Crippen molar-refractivity contribution in [3.05, 3.63) is 57.8 Å². The molecule has 0 bridgehead atoms. The molecule has 1 N–H and O–H groups in total. The summed E-state index contributed by atoms with van der Waals surface area (Å²) in [6.07, 6.45) is 0. The predicted octanol–water partition coefficient (Wildman–Crippen LogP) is 3.24. The van der Waals surface area contributed by atoms with Gasteiger partial charge in [0.05, 0.1) is 26.4 Å². The summed E-state index contributed by atoms with van der Waals surface area (Å²) in [6, 6.07) is 9.39. The van der Waals surface area contributed by atoms with Crippen LogP contribution in [0.1, 0.15) is 15.9 Å². The first kappa shape index (κ1) is 19.2. The van der Waals surface area contributed by atoms with Gasteiger partial charge in [0.25, 0.3) is 5.91 Å². The molecule has 25 heavy (non-hydrogen) atoms. The molecular weight excluding hydrogens is 393 g/mol. The second-order valence-corrected chi connectivity index (χ2v) is 6.17. The molecule has 0 saturated carbocycles. The van der Waals surface area contributed by atoms with Gasteiger partial charge in [0.2, 0.25) is 0 Å². The Labute approximate surface area is 154 Å². The second kappa shape index (κ2) is 8.82. The van der Waals surface area contributed by atoms with Gasteiger partial charge in [-0.25, -0.2) is 4.39 Å². The van der Waals surface area contributed by atoms with Crippen LogP contribution in [0.3, 0.4) is 0 Å². The van der Waals surface area contributed by atoms with Crippen LogP contribution in [0.25, 0.3) is 0 Å². The van der Waals surface area contributed by atoms with Crippen LogP contribution in [0.5, 0.6) is 11.5 Å². The molecular formula is C18H19BrFNO4. The maximum absolute atomic E-state index is 14.0. The Morgan fingerprint density at radius 3 is 2.60 bits per heavy atom. The number of carbonyl (C=O) groups is 1. The monoisotopic (exact) mass is 411 g/mol. The van der Waals surface area contributed by atoms with Crippen LogP contribution in [0.2, 0.25) is 0 Å². The molecule has 7 heteroatoms. The fourth-order valence-corrected chi connectivity index (χ4v) is 2.78. The van der Waals surface area contributed by atoms with Gasteiger partial charge in [-0.05, 0) is 36.4 Å². The standard InChI is InChI=1S/C18H19BrFNO4/c1-24-14-4-6-17(25-2)12(9-14)11-21(7-8-22)18(23)15-10-13(19)3-5-16(15)20/h3-6,9-10,22H,7-8,11H2,1-2H3. The Bertz CT molecular complexity index is 754. The fourth-order valence-electron chi connectivity index (χ4n) is 2.42. The van der Waals surface area contributed by atoms with Crippen LogP contribution in [-0.4, -0.2) is 43.3 Å². The molecule has 2 aromatic carbocycles. The number of amides is 1. The molecule has 0 saturated heterocycles. The molecule has 134 valence electrons. The van der Waals surface area contributed by atoms with Crippen molar-refractivity contribution in [2.75, 3.05) is 27.4 Å². The summed E-state index contributed by atoms with van der Waals surface area (Å²) in [4.78, 5) is 14.1. The lowest BCUT2D eigenvalue weighted by Crippen LogP contribution is -2.33. The zero-order valence-corrected chi connectivity index (χ0v) is 15.5. The lowest BCUT2D eigenvalue weighted by atomic mass is 10.1. The summed E-state index contributed by atoms with van der Waals surface area (Å²) in [5.74, 6) is 0.0542. The first-order chi connectivity index (χ1) is 12.0. The SMILES string of the molecule is COc1ccc(OC)c(CN(CCO)C(=O)c2cc(Br)ccc2F)c1. The van der Waals surface area contributed by atoms with Gasteiger partial charge in [0.1, 0.15) is 17.3 Å². The number of aliphatic hydroxyl groups is 1. The highest BCUT2D eigenvalue weighted by molar-refractivity contribution is 9.10. The number of methoxy groups -OCH3 is 2. The van der Waals surface area contributed by atoms with E-state index < -0.39 is 11.7 Å². The summed E-state index contributed by atoms with van der Waals surface area (Å²) in [6.45, 7) is -0.0372. The van der Waals surface area contributed by atoms with Crippen molar-refractivity contribution in [1.29, 1.82) is 0 Å². The highest BCUT2D eigenvalue weighted by Gasteiger charge is 2.21. The zero-order valence-electron chi connectivity index (χ0n) is 14.0. The molecule has 2 rings (SSSR count). The molecule has 5 nitrogen and oxygen atoms in total. The van der Waals surface area contributed by atoms with Crippen LogP contribution >= 0.6 is 15.9 Å². The topological polar surface area (TPSA) is 59.0 Å². The number of halogens is 2. The van der Waals surface area contributed by atoms with E-state index in [1.807, 2.05) is 0 Å². The first-order valence-corrected chi connectivity index (χ1v) is 8.35. The van der Waals surface area contributed by atoms with Crippen molar-refractivity contribution in [2.45, 2.75) is 6.54 Å². The van der Waals surface area contributed by atoms with E-state index in [0.717, 1.165) is 0 Å². The Balaban J connectivity index is 2.35. The van der Waals surface area contributed by atoms with Crippen molar-refractivity contribution in [3.63, 3.8) is 0 Å². The molecule has 0 radical (unpaired) electrons. The van der Waals surface area contributed by atoms with E-state index in [1.54, 1.807) is 25.3 Å². The molecule has 0 aliphatic heterocycles. The van der Waals surface area contributed by atoms with Gasteiger partial charge in [-0.3, -0.25) is 4.79 Å².